The second-order valence-corrected chi connectivity index (χ2v) is 5.98. The number of benzene rings is 3. The second kappa shape index (κ2) is 8.81. The topological polar surface area (TPSA) is 38.3 Å². The number of methoxy groups -OCH3 is 1. The minimum Gasteiger partial charge on any atom is -0.496 e. The lowest BCUT2D eigenvalue weighted by Crippen LogP contribution is -2.23. The van der Waals surface area contributed by atoms with Gasteiger partial charge in [0.25, 0.3) is 5.91 Å². The van der Waals surface area contributed by atoms with Gasteiger partial charge in [-0.3, -0.25) is 4.79 Å². The molecular formula is C23H20FNO2. The summed E-state index contributed by atoms with van der Waals surface area (Å²) >= 11 is 0. The molecule has 3 rings (SSSR count). The number of carbonyl (C=O) groups excluding carboxylic acids is 1. The smallest absolute Gasteiger partial charge is 0.252 e. The highest BCUT2D eigenvalue weighted by molar-refractivity contribution is 6.24. The van der Waals surface area contributed by atoms with E-state index in [0.29, 0.717) is 17.9 Å². The minimum absolute atomic E-state index is 0.212. The first-order chi connectivity index (χ1) is 13.2. The summed E-state index contributed by atoms with van der Waals surface area (Å²) in [6.45, 7) is 0.315. The van der Waals surface area contributed by atoms with Crippen molar-refractivity contribution in [1.82, 2.24) is 5.32 Å². The quantitative estimate of drug-likeness (QED) is 0.511. The maximum absolute atomic E-state index is 13.0. The summed E-state index contributed by atoms with van der Waals surface area (Å²) < 4.78 is 18.4. The summed E-state index contributed by atoms with van der Waals surface area (Å²) in [5, 5.41) is 2.90. The van der Waals surface area contributed by atoms with E-state index >= 15 is 0 Å². The maximum atomic E-state index is 13.0. The molecule has 0 radical (unpaired) electrons. The third kappa shape index (κ3) is 4.82. The number of hydrogen-bond acceptors (Lipinski definition) is 2. The van der Waals surface area contributed by atoms with Crippen molar-refractivity contribution in [3.05, 3.63) is 101 Å². The molecule has 27 heavy (non-hydrogen) atoms. The Morgan fingerprint density at radius 3 is 2.33 bits per heavy atom. The van der Waals surface area contributed by atoms with Crippen LogP contribution >= 0.6 is 0 Å². The Labute approximate surface area is 158 Å². The lowest BCUT2D eigenvalue weighted by Gasteiger charge is -2.11. The fraction of sp³-hybridized carbons (Fsp3) is 0.0870. The van der Waals surface area contributed by atoms with Gasteiger partial charge in [0.2, 0.25) is 0 Å². The van der Waals surface area contributed by atoms with Gasteiger partial charge in [-0.15, -0.1) is 0 Å². The van der Waals surface area contributed by atoms with E-state index in [0.717, 1.165) is 16.7 Å². The number of carbonyl (C=O) groups is 1. The van der Waals surface area contributed by atoms with Crippen LogP contribution in [0.15, 0.2) is 78.9 Å². The van der Waals surface area contributed by atoms with Crippen LogP contribution in [-0.2, 0) is 11.3 Å². The van der Waals surface area contributed by atoms with Crippen molar-refractivity contribution in [3.8, 4) is 5.75 Å². The van der Waals surface area contributed by atoms with Gasteiger partial charge in [0.15, 0.2) is 0 Å². The molecule has 0 aliphatic carbocycles. The molecule has 0 fully saturated rings. The second-order valence-electron chi connectivity index (χ2n) is 5.98. The van der Waals surface area contributed by atoms with Crippen LogP contribution in [0.1, 0.15) is 16.7 Å². The van der Waals surface area contributed by atoms with Crippen molar-refractivity contribution >= 4 is 17.6 Å². The number of rotatable bonds is 6. The van der Waals surface area contributed by atoms with Crippen LogP contribution in [-0.4, -0.2) is 13.0 Å². The van der Waals surface area contributed by atoms with Gasteiger partial charge in [0.05, 0.1) is 7.11 Å². The number of hydrogen-bond donors (Lipinski definition) is 1. The number of halogens is 1. The lowest BCUT2D eigenvalue weighted by atomic mass is 10.0. The molecule has 0 unspecified atom stereocenters. The summed E-state index contributed by atoms with van der Waals surface area (Å²) in [5.74, 6) is 0.180. The monoisotopic (exact) mass is 361 g/mol. The maximum Gasteiger partial charge on any atom is 0.252 e. The van der Waals surface area contributed by atoms with E-state index in [1.165, 1.54) is 12.1 Å². The molecule has 0 bridgehead atoms. The third-order valence-electron chi connectivity index (χ3n) is 4.13. The van der Waals surface area contributed by atoms with Gasteiger partial charge in [-0.1, -0.05) is 60.7 Å². The predicted molar refractivity (Wildman–Crippen MR) is 106 cm³/mol. The Kier molecular flexibility index (Phi) is 6.00. The Balaban J connectivity index is 1.89. The van der Waals surface area contributed by atoms with Gasteiger partial charge in [0.1, 0.15) is 11.6 Å². The Morgan fingerprint density at radius 1 is 0.963 bits per heavy atom. The number of amides is 1. The molecule has 3 aromatic carbocycles. The summed E-state index contributed by atoms with van der Waals surface area (Å²) in [6.07, 6.45) is 1.81. The molecule has 3 nitrogen and oxygen atoms in total. The Morgan fingerprint density at radius 2 is 1.63 bits per heavy atom. The zero-order valence-electron chi connectivity index (χ0n) is 15.0. The lowest BCUT2D eigenvalue weighted by molar-refractivity contribution is -0.115. The highest BCUT2D eigenvalue weighted by atomic mass is 19.1. The Bertz CT molecular complexity index is 934. The number of para-hydroxylation sites is 1. The van der Waals surface area contributed by atoms with E-state index in [4.69, 9.17) is 4.74 Å². The van der Waals surface area contributed by atoms with Gasteiger partial charge in [-0.05, 0) is 35.4 Å². The first-order valence-electron chi connectivity index (χ1n) is 8.60. The summed E-state index contributed by atoms with van der Waals surface area (Å²) in [7, 11) is 1.60. The van der Waals surface area contributed by atoms with E-state index in [1.807, 2.05) is 60.7 Å². The molecular weight excluding hydrogens is 341 g/mol. The molecule has 0 spiro atoms. The minimum atomic E-state index is -0.300. The molecule has 0 heterocycles. The fourth-order valence-electron chi connectivity index (χ4n) is 2.72. The van der Waals surface area contributed by atoms with Gasteiger partial charge < -0.3 is 10.1 Å². The van der Waals surface area contributed by atoms with Crippen LogP contribution in [0.3, 0.4) is 0 Å². The van der Waals surface area contributed by atoms with Crippen LogP contribution in [0.4, 0.5) is 4.39 Å². The standard InChI is InChI=1S/C23H20FNO2/c1-27-22-10-6-5-9-19(22)15-21(18-7-3-2-4-8-18)23(26)25-16-17-11-13-20(24)14-12-17/h2-15H,16H2,1H3,(H,25,26)/b21-15-. The van der Waals surface area contributed by atoms with Gasteiger partial charge >= 0.3 is 0 Å². The highest BCUT2D eigenvalue weighted by Gasteiger charge is 2.13. The van der Waals surface area contributed by atoms with Crippen LogP contribution in [0.5, 0.6) is 5.75 Å². The van der Waals surface area contributed by atoms with E-state index in [-0.39, 0.29) is 11.7 Å². The molecule has 1 N–H and O–H groups in total. The van der Waals surface area contributed by atoms with Crippen molar-refractivity contribution in [3.63, 3.8) is 0 Å². The van der Waals surface area contributed by atoms with Crippen molar-refractivity contribution < 1.29 is 13.9 Å². The normalized spacial score (nSPS) is 11.1. The van der Waals surface area contributed by atoms with Gasteiger partial charge in [-0.2, -0.15) is 0 Å². The molecule has 0 atom stereocenters. The molecule has 1 amide bonds. The van der Waals surface area contributed by atoms with Gasteiger partial charge in [0, 0.05) is 17.7 Å². The van der Waals surface area contributed by atoms with Crippen molar-refractivity contribution in [2.75, 3.05) is 7.11 Å². The first-order valence-corrected chi connectivity index (χ1v) is 8.60. The highest BCUT2D eigenvalue weighted by Crippen LogP contribution is 2.25. The van der Waals surface area contributed by atoms with E-state index < -0.39 is 0 Å². The van der Waals surface area contributed by atoms with Crippen molar-refractivity contribution in [2.24, 2.45) is 0 Å². The van der Waals surface area contributed by atoms with Crippen LogP contribution in [0.25, 0.3) is 11.6 Å². The SMILES string of the molecule is COc1ccccc1/C=C(\C(=O)NCc1ccc(F)cc1)c1ccccc1. The van der Waals surface area contributed by atoms with Crippen molar-refractivity contribution in [1.29, 1.82) is 0 Å². The molecule has 3 aromatic rings. The Hall–Kier alpha value is -3.40. The largest absolute Gasteiger partial charge is 0.496 e. The fourth-order valence-corrected chi connectivity index (χ4v) is 2.72. The van der Waals surface area contributed by atoms with Crippen molar-refractivity contribution in [2.45, 2.75) is 6.54 Å². The van der Waals surface area contributed by atoms with E-state index in [1.54, 1.807) is 19.2 Å². The average Bonchev–Trinajstić information content (AvgIpc) is 2.72. The van der Waals surface area contributed by atoms with E-state index in [9.17, 15) is 9.18 Å². The molecule has 0 aliphatic rings. The summed E-state index contributed by atoms with van der Waals surface area (Å²) in [6, 6.07) is 23.0. The molecule has 0 aliphatic heterocycles. The molecule has 136 valence electrons. The summed E-state index contributed by atoms with van der Waals surface area (Å²) in [5.41, 5.74) is 2.98. The van der Waals surface area contributed by atoms with Crippen LogP contribution in [0.2, 0.25) is 0 Å². The predicted octanol–water partition coefficient (Wildman–Crippen LogP) is 4.69. The summed E-state index contributed by atoms with van der Waals surface area (Å²) in [4.78, 5) is 12.9. The van der Waals surface area contributed by atoms with Gasteiger partial charge in [-0.25, -0.2) is 4.39 Å². The zero-order chi connectivity index (χ0) is 19.1. The molecule has 0 saturated carbocycles. The average molecular weight is 361 g/mol. The third-order valence-corrected chi connectivity index (χ3v) is 4.13. The number of ether oxygens (including phenoxy) is 1. The van der Waals surface area contributed by atoms with Crippen LogP contribution < -0.4 is 10.1 Å². The zero-order valence-corrected chi connectivity index (χ0v) is 15.0. The molecule has 4 heteroatoms. The number of nitrogens with one attached hydrogen (secondary N) is 1. The van der Waals surface area contributed by atoms with Crippen LogP contribution in [0, 0.1) is 5.82 Å². The van der Waals surface area contributed by atoms with E-state index in [2.05, 4.69) is 5.32 Å². The molecule has 0 saturated heterocycles. The molecule has 0 aromatic heterocycles. The first kappa shape index (κ1) is 18.4.